The number of hydrogen-bond donors (Lipinski definition) is 0. The second-order valence-electron chi connectivity index (χ2n) is 7.20. The molecule has 0 aromatic heterocycles. The maximum absolute atomic E-state index is 10.2. The lowest BCUT2D eigenvalue weighted by Gasteiger charge is -2.05. The predicted molar refractivity (Wildman–Crippen MR) is 110 cm³/mol. The van der Waals surface area contributed by atoms with Crippen LogP contribution in [-0.4, -0.2) is 12.6 Å². The third-order valence-corrected chi connectivity index (χ3v) is 4.39. The van der Waals surface area contributed by atoms with Crippen molar-refractivity contribution < 1.29 is 9.59 Å². The zero-order chi connectivity index (χ0) is 19.4. The SMILES string of the molecule is CC(C)c1ccc(CCC=O)cc1.CC(C)c1ccc(CCC=O)cc1. The molecule has 2 aromatic rings. The lowest BCUT2D eigenvalue weighted by atomic mass is 10.0. The summed E-state index contributed by atoms with van der Waals surface area (Å²) in [5.74, 6) is 1.17. The van der Waals surface area contributed by atoms with Gasteiger partial charge in [-0.15, -0.1) is 0 Å². The Balaban J connectivity index is 0.000000260. The Morgan fingerprint density at radius 1 is 0.615 bits per heavy atom. The molecule has 0 amide bonds. The third kappa shape index (κ3) is 8.24. The summed E-state index contributed by atoms with van der Waals surface area (Å²) in [7, 11) is 0. The molecule has 26 heavy (non-hydrogen) atoms. The molecule has 0 saturated heterocycles. The number of carbonyl (C=O) groups excluding carboxylic acids is 2. The second-order valence-corrected chi connectivity index (χ2v) is 7.20. The standard InChI is InChI=1S/2C12H16O/c2*1-10(2)12-7-5-11(6-8-12)4-3-9-13/h2*5-10H,3-4H2,1-2H3. The Hall–Kier alpha value is -2.22. The van der Waals surface area contributed by atoms with E-state index in [1.165, 1.54) is 22.3 Å². The van der Waals surface area contributed by atoms with Gasteiger partial charge in [-0.05, 0) is 46.9 Å². The third-order valence-electron chi connectivity index (χ3n) is 4.39. The minimum absolute atomic E-state index is 0.583. The first kappa shape index (κ1) is 21.8. The second kappa shape index (κ2) is 12.2. The van der Waals surface area contributed by atoms with Gasteiger partial charge in [0.25, 0.3) is 0 Å². The van der Waals surface area contributed by atoms with Crippen molar-refractivity contribution in [2.24, 2.45) is 0 Å². The smallest absolute Gasteiger partial charge is 0.120 e. The summed E-state index contributed by atoms with van der Waals surface area (Å²) < 4.78 is 0. The molecule has 140 valence electrons. The van der Waals surface area contributed by atoms with Crippen LogP contribution < -0.4 is 0 Å². The zero-order valence-electron chi connectivity index (χ0n) is 16.6. The highest BCUT2D eigenvalue weighted by Crippen LogP contribution is 2.16. The van der Waals surface area contributed by atoms with Crippen LogP contribution in [0.4, 0.5) is 0 Å². The molecule has 0 unspecified atom stereocenters. The van der Waals surface area contributed by atoms with Gasteiger partial charge in [-0.25, -0.2) is 0 Å². The van der Waals surface area contributed by atoms with Crippen molar-refractivity contribution in [3.8, 4) is 0 Å². The molecule has 0 spiro atoms. The van der Waals surface area contributed by atoms with Crippen molar-refractivity contribution in [2.45, 2.75) is 65.2 Å². The van der Waals surface area contributed by atoms with Crippen molar-refractivity contribution in [1.29, 1.82) is 0 Å². The average molecular weight is 353 g/mol. The molecule has 2 heteroatoms. The van der Waals surface area contributed by atoms with Gasteiger partial charge in [0, 0.05) is 12.8 Å². The molecule has 0 heterocycles. The molecule has 0 N–H and O–H groups in total. The molecule has 0 atom stereocenters. The van der Waals surface area contributed by atoms with Crippen LogP contribution in [0, 0.1) is 0 Å². The Morgan fingerprint density at radius 2 is 0.923 bits per heavy atom. The molecule has 0 radical (unpaired) electrons. The Kier molecular flexibility index (Phi) is 10.2. The van der Waals surface area contributed by atoms with Gasteiger partial charge in [0.1, 0.15) is 12.6 Å². The largest absolute Gasteiger partial charge is 0.303 e. The van der Waals surface area contributed by atoms with E-state index in [1.807, 2.05) is 0 Å². The van der Waals surface area contributed by atoms with E-state index in [9.17, 15) is 9.59 Å². The summed E-state index contributed by atoms with van der Waals surface area (Å²) in [6.07, 6.45) is 4.92. The molecule has 0 aliphatic heterocycles. The number of carbonyl (C=O) groups is 2. The molecular formula is C24H32O2. The first-order valence-corrected chi connectivity index (χ1v) is 9.52. The summed E-state index contributed by atoms with van der Waals surface area (Å²) >= 11 is 0. The van der Waals surface area contributed by atoms with Crippen LogP contribution in [0.3, 0.4) is 0 Å². The van der Waals surface area contributed by atoms with Crippen molar-refractivity contribution in [2.75, 3.05) is 0 Å². The normalized spacial score (nSPS) is 10.4. The van der Waals surface area contributed by atoms with E-state index in [2.05, 4.69) is 76.2 Å². The Morgan fingerprint density at radius 3 is 1.15 bits per heavy atom. The van der Waals surface area contributed by atoms with E-state index in [-0.39, 0.29) is 0 Å². The molecule has 2 nitrogen and oxygen atoms in total. The van der Waals surface area contributed by atoms with Crippen LogP contribution >= 0.6 is 0 Å². The highest BCUT2D eigenvalue weighted by Gasteiger charge is 1.99. The van der Waals surface area contributed by atoms with Crippen LogP contribution in [0.15, 0.2) is 48.5 Å². The molecule has 0 bridgehead atoms. The molecule has 2 rings (SSSR count). The number of aryl methyl sites for hydroxylation is 2. The van der Waals surface area contributed by atoms with Crippen LogP contribution in [-0.2, 0) is 22.4 Å². The molecule has 2 aromatic carbocycles. The Labute approximate surface area is 158 Å². The van der Waals surface area contributed by atoms with Gasteiger partial charge in [-0.2, -0.15) is 0 Å². The van der Waals surface area contributed by atoms with Crippen molar-refractivity contribution >= 4 is 12.6 Å². The summed E-state index contributed by atoms with van der Waals surface area (Å²) in [4.78, 5) is 20.3. The summed E-state index contributed by atoms with van der Waals surface area (Å²) in [5.41, 5.74) is 5.21. The highest BCUT2D eigenvalue weighted by atomic mass is 16.1. The van der Waals surface area contributed by atoms with E-state index in [0.717, 1.165) is 25.4 Å². The van der Waals surface area contributed by atoms with Crippen molar-refractivity contribution in [3.63, 3.8) is 0 Å². The van der Waals surface area contributed by atoms with Gasteiger partial charge in [0.15, 0.2) is 0 Å². The molecule has 0 saturated carbocycles. The summed E-state index contributed by atoms with van der Waals surface area (Å²) in [5, 5.41) is 0. The molecule has 0 aliphatic carbocycles. The van der Waals surface area contributed by atoms with Gasteiger partial charge in [0.05, 0.1) is 0 Å². The van der Waals surface area contributed by atoms with Crippen LogP contribution in [0.1, 0.15) is 74.6 Å². The first-order chi connectivity index (χ1) is 12.5. The number of hydrogen-bond acceptors (Lipinski definition) is 2. The van der Waals surface area contributed by atoms with Gasteiger partial charge in [0.2, 0.25) is 0 Å². The van der Waals surface area contributed by atoms with Gasteiger partial charge >= 0.3 is 0 Å². The van der Waals surface area contributed by atoms with E-state index in [0.29, 0.717) is 24.7 Å². The lowest BCUT2D eigenvalue weighted by molar-refractivity contribution is -0.108. The van der Waals surface area contributed by atoms with Crippen LogP contribution in [0.2, 0.25) is 0 Å². The van der Waals surface area contributed by atoms with Crippen LogP contribution in [0.25, 0.3) is 0 Å². The summed E-state index contributed by atoms with van der Waals surface area (Å²) in [6.45, 7) is 8.72. The molecule has 0 aliphatic rings. The fourth-order valence-electron chi connectivity index (χ4n) is 2.59. The maximum Gasteiger partial charge on any atom is 0.120 e. The number of rotatable bonds is 8. The van der Waals surface area contributed by atoms with E-state index < -0.39 is 0 Å². The number of aldehydes is 2. The van der Waals surface area contributed by atoms with Crippen molar-refractivity contribution in [1.82, 2.24) is 0 Å². The molecule has 0 fully saturated rings. The predicted octanol–water partition coefficient (Wildman–Crippen LogP) is 5.88. The van der Waals surface area contributed by atoms with E-state index in [4.69, 9.17) is 0 Å². The van der Waals surface area contributed by atoms with Crippen molar-refractivity contribution in [3.05, 3.63) is 70.8 Å². The highest BCUT2D eigenvalue weighted by molar-refractivity contribution is 5.50. The molecular weight excluding hydrogens is 320 g/mol. The van der Waals surface area contributed by atoms with E-state index >= 15 is 0 Å². The van der Waals surface area contributed by atoms with Gasteiger partial charge in [-0.1, -0.05) is 76.2 Å². The quantitative estimate of drug-likeness (QED) is 0.556. The monoisotopic (exact) mass is 352 g/mol. The van der Waals surface area contributed by atoms with Gasteiger partial charge < -0.3 is 9.59 Å². The maximum atomic E-state index is 10.2. The number of benzene rings is 2. The topological polar surface area (TPSA) is 34.1 Å². The minimum atomic E-state index is 0.583. The van der Waals surface area contributed by atoms with Gasteiger partial charge in [-0.3, -0.25) is 0 Å². The minimum Gasteiger partial charge on any atom is -0.303 e. The fraction of sp³-hybridized carbons (Fsp3) is 0.417. The Bertz CT molecular complexity index is 577. The average Bonchev–Trinajstić information content (AvgIpc) is 2.66. The lowest BCUT2D eigenvalue weighted by Crippen LogP contribution is -1.89. The van der Waals surface area contributed by atoms with E-state index in [1.54, 1.807) is 0 Å². The summed E-state index contributed by atoms with van der Waals surface area (Å²) in [6, 6.07) is 17.0. The zero-order valence-corrected chi connectivity index (χ0v) is 16.6. The first-order valence-electron chi connectivity index (χ1n) is 9.52. The fourth-order valence-corrected chi connectivity index (χ4v) is 2.59. The van der Waals surface area contributed by atoms with Crippen LogP contribution in [0.5, 0.6) is 0 Å².